The summed E-state index contributed by atoms with van der Waals surface area (Å²) in [5.41, 5.74) is 1.29. The molecule has 1 N–H and O–H groups in total. The Morgan fingerprint density at radius 3 is 2.96 bits per heavy atom. The van der Waals surface area contributed by atoms with Crippen LogP contribution >= 0.6 is 22.7 Å². The zero-order valence-corrected chi connectivity index (χ0v) is 15.4. The summed E-state index contributed by atoms with van der Waals surface area (Å²) in [5.74, 6) is -0.403. The van der Waals surface area contributed by atoms with Crippen LogP contribution in [0.3, 0.4) is 0 Å². The Morgan fingerprint density at radius 1 is 1.24 bits per heavy atom. The van der Waals surface area contributed by atoms with Gasteiger partial charge in [-0.15, -0.1) is 22.7 Å². The number of halogens is 1. The molecule has 2 heterocycles. The van der Waals surface area contributed by atoms with Crippen LogP contribution in [0.5, 0.6) is 0 Å². The van der Waals surface area contributed by atoms with E-state index in [1.807, 2.05) is 17.4 Å². The molecule has 0 spiro atoms. The Labute approximate surface area is 153 Å². The highest BCUT2D eigenvalue weighted by Crippen LogP contribution is 2.28. The molecule has 1 aromatic carbocycles. The molecule has 1 aliphatic carbocycles. The molecule has 0 saturated carbocycles. The summed E-state index contributed by atoms with van der Waals surface area (Å²) in [7, 11) is 0. The van der Waals surface area contributed by atoms with Crippen molar-refractivity contribution in [3.05, 3.63) is 50.5 Å². The van der Waals surface area contributed by atoms with E-state index in [1.165, 1.54) is 52.2 Å². The van der Waals surface area contributed by atoms with Crippen LogP contribution in [-0.4, -0.2) is 17.4 Å². The molecule has 0 fully saturated rings. The lowest BCUT2D eigenvalue weighted by Crippen LogP contribution is -2.23. The SMILES string of the molecule is O=C(NCCCc1nc2c(s1)CCCC2)c1cc2c(F)cccc2s1. The minimum atomic E-state index is -0.277. The Balaban J connectivity index is 1.31. The fourth-order valence-electron chi connectivity index (χ4n) is 3.18. The largest absolute Gasteiger partial charge is 0.351 e. The van der Waals surface area contributed by atoms with Gasteiger partial charge in [0.25, 0.3) is 5.91 Å². The van der Waals surface area contributed by atoms with E-state index in [9.17, 15) is 9.18 Å². The van der Waals surface area contributed by atoms with Gasteiger partial charge in [-0.2, -0.15) is 0 Å². The number of thiophene rings is 1. The minimum absolute atomic E-state index is 0.126. The number of carbonyl (C=O) groups excluding carboxylic acids is 1. The molecule has 3 nitrogen and oxygen atoms in total. The molecule has 0 saturated heterocycles. The summed E-state index contributed by atoms with van der Waals surface area (Å²) in [4.78, 5) is 19.0. The number of hydrogen-bond acceptors (Lipinski definition) is 4. The number of carbonyl (C=O) groups is 1. The van der Waals surface area contributed by atoms with Gasteiger partial charge in [0.2, 0.25) is 0 Å². The molecule has 6 heteroatoms. The van der Waals surface area contributed by atoms with Gasteiger partial charge in [0, 0.05) is 27.9 Å². The monoisotopic (exact) mass is 374 g/mol. The summed E-state index contributed by atoms with van der Waals surface area (Å²) in [6.45, 7) is 0.611. The molecule has 4 rings (SSSR count). The standard InChI is InChI=1S/C19H19FN2OS2/c20-13-5-3-8-15-12(13)11-17(24-15)19(23)21-10-4-9-18-22-14-6-1-2-7-16(14)25-18/h3,5,8,11H,1-2,4,6-7,9-10H2,(H,21,23). The molecule has 0 unspecified atom stereocenters. The van der Waals surface area contributed by atoms with E-state index < -0.39 is 0 Å². The predicted molar refractivity (Wildman–Crippen MR) is 101 cm³/mol. The van der Waals surface area contributed by atoms with Crippen LogP contribution < -0.4 is 5.32 Å². The van der Waals surface area contributed by atoms with Crippen LogP contribution in [0.15, 0.2) is 24.3 Å². The third kappa shape index (κ3) is 3.60. The summed E-state index contributed by atoms with van der Waals surface area (Å²) < 4.78 is 14.5. The van der Waals surface area contributed by atoms with E-state index in [-0.39, 0.29) is 11.7 Å². The lowest BCUT2D eigenvalue weighted by Gasteiger charge is -2.06. The van der Waals surface area contributed by atoms with Gasteiger partial charge >= 0.3 is 0 Å². The molecule has 0 radical (unpaired) electrons. The lowest BCUT2D eigenvalue weighted by molar-refractivity contribution is 0.0957. The number of rotatable bonds is 5. The van der Waals surface area contributed by atoms with Crippen LogP contribution in [0.1, 0.15) is 44.5 Å². The van der Waals surface area contributed by atoms with Crippen molar-refractivity contribution >= 4 is 38.7 Å². The Hall–Kier alpha value is -1.79. The van der Waals surface area contributed by atoms with Crippen molar-refractivity contribution in [1.29, 1.82) is 0 Å². The van der Waals surface area contributed by atoms with Crippen molar-refractivity contribution < 1.29 is 9.18 Å². The van der Waals surface area contributed by atoms with Crippen LogP contribution in [0.4, 0.5) is 4.39 Å². The molecule has 130 valence electrons. The average Bonchev–Trinajstić information content (AvgIpc) is 3.23. The Morgan fingerprint density at radius 2 is 2.12 bits per heavy atom. The quantitative estimate of drug-likeness (QED) is 0.656. The maximum Gasteiger partial charge on any atom is 0.261 e. The fraction of sp³-hybridized carbons (Fsp3) is 0.368. The van der Waals surface area contributed by atoms with Gasteiger partial charge in [-0.1, -0.05) is 6.07 Å². The van der Waals surface area contributed by atoms with E-state index in [2.05, 4.69) is 5.32 Å². The Kier molecular flexibility index (Phi) is 4.81. The van der Waals surface area contributed by atoms with Crippen LogP contribution in [0.25, 0.3) is 10.1 Å². The summed E-state index contributed by atoms with van der Waals surface area (Å²) in [6, 6.07) is 6.57. The molecular weight excluding hydrogens is 355 g/mol. The second-order valence-electron chi connectivity index (χ2n) is 6.31. The number of aromatic nitrogens is 1. The zero-order chi connectivity index (χ0) is 17.2. The highest BCUT2D eigenvalue weighted by Gasteiger charge is 2.15. The molecule has 0 atom stereocenters. The van der Waals surface area contributed by atoms with Crippen LogP contribution in [0.2, 0.25) is 0 Å². The normalized spacial score (nSPS) is 13.8. The fourth-order valence-corrected chi connectivity index (χ4v) is 5.37. The van der Waals surface area contributed by atoms with Gasteiger partial charge < -0.3 is 5.32 Å². The predicted octanol–water partition coefficient (Wildman–Crippen LogP) is 4.74. The molecule has 3 aromatic rings. The maximum absolute atomic E-state index is 13.7. The first-order chi connectivity index (χ1) is 12.2. The van der Waals surface area contributed by atoms with Gasteiger partial charge in [-0.05, 0) is 50.3 Å². The molecule has 0 bridgehead atoms. The minimum Gasteiger partial charge on any atom is -0.351 e. The molecule has 2 aromatic heterocycles. The number of amides is 1. The van der Waals surface area contributed by atoms with Crippen molar-refractivity contribution in [3.8, 4) is 0 Å². The van der Waals surface area contributed by atoms with Gasteiger partial charge in [0.15, 0.2) is 0 Å². The van der Waals surface area contributed by atoms with Crippen molar-refractivity contribution in [2.45, 2.75) is 38.5 Å². The van der Waals surface area contributed by atoms with Crippen LogP contribution in [-0.2, 0) is 19.3 Å². The molecular formula is C19H19FN2OS2. The highest BCUT2D eigenvalue weighted by molar-refractivity contribution is 7.20. The van der Waals surface area contributed by atoms with Gasteiger partial charge in [-0.25, -0.2) is 9.37 Å². The van der Waals surface area contributed by atoms with Gasteiger partial charge in [-0.3, -0.25) is 4.79 Å². The van der Waals surface area contributed by atoms with Crippen molar-refractivity contribution in [2.75, 3.05) is 6.54 Å². The Bertz CT molecular complexity index is 892. The molecule has 1 amide bonds. The van der Waals surface area contributed by atoms with Gasteiger partial charge in [0.05, 0.1) is 15.6 Å². The number of nitrogens with zero attached hydrogens (tertiary/aromatic N) is 1. The number of aryl methyl sites for hydroxylation is 3. The first-order valence-electron chi connectivity index (χ1n) is 8.64. The topological polar surface area (TPSA) is 42.0 Å². The summed E-state index contributed by atoms with van der Waals surface area (Å²) in [5, 5.41) is 4.64. The number of fused-ring (bicyclic) bond motifs is 2. The summed E-state index contributed by atoms with van der Waals surface area (Å²) >= 11 is 3.16. The lowest BCUT2D eigenvalue weighted by atomic mass is 10.0. The van der Waals surface area contributed by atoms with E-state index in [0.29, 0.717) is 16.8 Å². The first kappa shape index (κ1) is 16.7. The zero-order valence-electron chi connectivity index (χ0n) is 13.8. The average molecular weight is 375 g/mol. The highest BCUT2D eigenvalue weighted by atomic mass is 32.1. The first-order valence-corrected chi connectivity index (χ1v) is 10.3. The van der Waals surface area contributed by atoms with E-state index in [1.54, 1.807) is 12.1 Å². The third-order valence-electron chi connectivity index (χ3n) is 4.47. The van der Waals surface area contributed by atoms with E-state index >= 15 is 0 Å². The number of hydrogen-bond donors (Lipinski definition) is 1. The van der Waals surface area contributed by atoms with Gasteiger partial charge in [0.1, 0.15) is 5.82 Å². The number of thiazole rings is 1. The number of nitrogens with one attached hydrogen (secondary N) is 1. The van der Waals surface area contributed by atoms with Crippen molar-refractivity contribution in [3.63, 3.8) is 0 Å². The molecule has 1 aliphatic rings. The number of benzene rings is 1. The van der Waals surface area contributed by atoms with Crippen molar-refractivity contribution in [2.24, 2.45) is 0 Å². The molecule has 25 heavy (non-hydrogen) atoms. The second-order valence-corrected chi connectivity index (χ2v) is 8.56. The maximum atomic E-state index is 13.7. The summed E-state index contributed by atoms with van der Waals surface area (Å²) in [6.07, 6.45) is 6.59. The van der Waals surface area contributed by atoms with Crippen LogP contribution in [0, 0.1) is 5.82 Å². The third-order valence-corrected chi connectivity index (χ3v) is 6.79. The smallest absolute Gasteiger partial charge is 0.261 e. The second kappa shape index (κ2) is 7.22. The van der Waals surface area contributed by atoms with E-state index in [0.717, 1.165) is 24.0 Å². The van der Waals surface area contributed by atoms with E-state index in [4.69, 9.17) is 4.98 Å². The van der Waals surface area contributed by atoms with Crippen molar-refractivity contribution in [1.82, 2.24) is 10.3 Å². The molecule has 0 aliphatic heterocycles.